The summed E-state index contributed by atoms with van der Waals surface area (Å²) in [6, 6.07) is 10.4. The highest BCUT2D eigenvalue weighted by atomic mass is 16.2. The first kappa shape index (κ1) is 19.6. The van der Waals surface area contributed by atoms with Crippen molar-refractivity contribution in [3.05, 3.63) is 58.6 Å². The molecule has 9 nitrogen and oxygen atoms in total. The SMILES string of the molecule is Cn1nc(C(=O)Nc2ccc(N3CCCC(C(N)=O)C3)nc2)c2ccccc2c1=O. The molecule has 30 heavy (non-hydrogen) atoms. The van der Waals surface area contributed by atoms with Crippen molar-refractivity contribution < 1.29 is 9.59 Å². The minimum atomic E-state index is -0.428. The van der Waals surface area contributed by atoms with E-state index in [9.17, 15) is 14.4 Å². The van der Waals surface area contributed by atoms with Crippen molar-refractivity contribution in [2.45, 2.75) is 12.8 Å². The Morgan fingerprint density at radius 3 is 2.63 bits per heavy atom. The minimum absolute atomic E-state index is 0.164. The average Bonchev–Trinajstić information content (AvgIpc) is 2.77. The van der Waals surface area contributed by atoms with E-state index < -0.39 is 5.91 Å². The molecule has 3 N–H and O–H groups in total. The Labute approximate surface area is 172 Å². The van der Waals surface area contributed by atoms with Crippen LogP contribution in [0.2, 0.25) is 0 Å². The van der Waals surface area contributed by atoms with Crippen LogP contribution >= 0.6 is 0 Å². The highest BCUT2D eigenvalue weighted by Gasteiger charge is 2.24. The van der Waals surface area contributed by atoms with E-state index in [4.69, 9.17) is 5.73 Å². The van der Waals surface area contributed by atoms with Crippen molar-refractivity contribution >= 4 is 34.1 Å². The van der Waals surface area contributed by atoms with Crippen molar-refractivity contribution in [3.63, 3.8) is 0 Å². The molecule has 1 aliphatic heterocycles. The monoisotopic (exact) mass is 406 g/mol. The largest absolute Gasteiger partial charge is 0.369 e. The molecule has 1 unspecified atom stereocenters. The summed E-state index contributed by atoms with van der Waals surface area (Å²) in [5, 5.41) is 7.84. The Hall–Kier alpha value is -3.75. The van der Waals surface area contributed by atoms with Gasteiger partial charge in [0, 0.05) is 25.5 Å². The third-order valence-electron chi connectivity index (χ3n) is 5.33. The molecule has 1 saturated heterocycles. The van der Waals surface area contributed by atoms with Crippen molar-refractivity contribution in [1.29, 1.82) is 0 Å². The number of nitrogens with two attached hydrogens (primary N) is 1. The van der Waals surface area contributed by atoms with Gasteiger partial charge in [0.25, 0.3) is 11.5 Å². The zero-order valence-electron chi connectivity index (χ0n) is 16.5. The topological polar surface area (TPSA) is 123 Å². The van der Waals surface area contributed by atoms with E-state index in [1.807, 2.05) is 4.90 Å². The highest BCUT2D eigenvalue weighted by Crippen LogP contribution is 2.23. The van der Waals surface area contributed by atoms with Crippen LogP contribution in [-0.4, -0.2) is 39.7 Å². The zero-order valence-corrected chi connectivity index (χ0v) is 16.5. The molecule has 3 heterocycles. The maximum absolute atomic E-state index is 12.8. The van der Waals surface area contributed by atoms with Crippen LogP contribution in [0.25, 0.3) is 10.8 Å². The number of nitrogens with zero attached hydrogens (tertiary/aromatic N) is 4. The lowest BCUT2D eigenvalue weighted by Crippen LogP contribution is -2.41. The molecular formula is C21H22N6O3. The maximum atomic E-state index is 12.8. The van der Waals surface area contributed by atoms with Gasteiger partial charge in [-0.15, -0.1) is 0 Å². The van der Waals surface area contributed by atoms with Crippen molar-refractivity contribution in [1.82, 2.24) is 14.8 Å². The first-order chi connectivity index (χ1) is 14.4. The number of rotatable bonds is 4. The molecule has 0 spiro atoms. The summed E-state index contributed by atoms with van der Waals surface area (Å²) in [6.07, 6.45) is 3.23. The van der Waals surface area contributed by atoms with Crippen LogP contribution < -0.4 is 21.5 Å². The summed E-state index contributed by atoms with van der Waals surface area (Å²) in [4.78, 5) is 43.0. The number of fused-ring (bicyclic) bond motifs is 1. The quantitative estimate of drug-likeness (QED) is 0.673. The third-order valence-corrected chi connectivity index (χ3v) is 5.33. The molecule has 0 saturated carbocycles. The highest BCUT2D eigenvalue weighted by molar-refractivity contribution is 6.11. The summed E-state index contributed by atoms with van der Waals surface area (Å²) >= 11 is 0. The van der Waals surface area contributed by atoms with E-state index in [2.05, 4.69) is 15.4 Å². The molecule has 0 aliphatic carbocycles. The molecule has 2 aromatic heterocycles. The number of carbonyl (C=O) groups excluding carboxylic acids is 2. The molecule has 3 aromatic rings. The minimum Gasteiger partial charge on any atom is -0.369 e. The number of amides is 2. The number of hydrogen-bond donors (Lipinski definition) is 2. The average molecular weight is 406 g/mol. The lowest BCUT2D eigenvalue weighted by atomic mass is 9.97. The van der Waals surface area contributed by atoms with Gasteiger partial charge in [0.05, 0.1) is 23.2 Å². The number of piperidine rings is 1. The number of anilines is 2. The summed E-state index contributed by atoms with van der Waals surface area (Å²) in [5.41, 5.74) is 5.85. The Morgan fingerprint density at radius 2 is 1.93 bits per heavy atom. The van der Waals surface area contributed by atoms with Crippen LogP contribution in [-0.2, 0) is 11.8 Å². The standard InChI is InChI=1S/C21H22N6O3/c1-26-21(30)16-7-3-2-6-15(16)18(25-26)20(29)24-14-8-9-17(23-11-14)27-10-4-5-13(12-27)19(22)28/h2-3,6-9,11,13H,4-5,10,12H2,1H3,(H2,22,28)(H,24,29). The lowest BCUT2D eigenvalue weighted by Gasteiger charge is -2.32. The first-order valence-electron chi connectivity index (χ1n) is 9.72. The molecule has 1 aromatic carbocycles. The van der Waals surface area contributed by atoms with E-state index in [0.29, 0.717) is 23.0 Å². The maximum Gasteiger partial charge on any atom is 0.276 e. The number of benzene rings is 1. The van der Waals surface area contributed by atoms with Gasteiger partial charge in [-0.25, -0.2) is 9.67 Å². The van der Waals surface area contributed by atoms with Crippen molar-refractivity contribution in [2.75, 3.05) is 23.3 Å². The Bertz CT molecular complexity index is 1170. The molecule has 9 heteroatoms. The predicted molar refractivity (Wildman–Crippen MR) is 113 cm³/mol. The van der Waals surface area contributed by atoms with Crippen LogP contribution in [0.15, 0.2) is 47.4 Å². The van der Waals surface area contributed by atoms with Crippen LogP contribution in [0.4, 0.5) is 11.5 Å². The lowest BCUT2D eigenvalue weighted by molar-refractivity contribution is -0.122. The summed E-state index contributed by atoms with van der Waals surface area (Å²) < 4.78 is 1.16. The van der Waals surface area contributed by atoms with Crippen molar-refractivity contribution in [2.24, 2.45) is 18.7 Å². The van der Waals surface area contributed by atoms with E-state index >= 15 is 0 Å². The summed E-state index contributed by atoms with van der Waals surface area (Å²) in [6.45, 7) is 1.35. The van der Waals surface area contributed by atoms with Crippen molar-refractivity contribution in [3.8, 4) is 0 Å². The second kappa shape index (κ2) is 7.94. The normalized spacial score (nSPS) is 16.4. The molecule has 1 aliphatic rings. The van der Waals surface area contributed by atoms with Gasteiger partial charge in [-0.05, 0) is 31.0 Å². The van der Waals surface area contributed by atoms with Gasteiger partial charge in [-0.1, -0.05) is 18.2 Å². The molecule has 0 bridgehead atoms. The first-order valence-corrected chi connectivity index (χ1v) is 9.72. The van der Waals surface area contributed by atoms with Gasteiger partial charge in [0.2, 0.25) is 5.91 Å². The number of pyridine rings is 1. The smallest absolute Gasteiger partial charge is 0.276 e. The predicted octanol–water partition coefficient (Wildman–Crippen LogP) is 1.28. The molecule has 154 valence electrons. The Balaban J connectivity index is 1.54. The molecular weight excluding hydrogens is 384 g/mol. The fourth-order valence-electron chi connectivity index (χ4n) is 3.72. The summed E-state index contributed by atoms with van der Waals surface area (Å²) in [7, 11) is 1.51. The van der Waals surface area contributed by atoms with E-state index in [0.717, 1.165) is 29.9 Å². The van der Waals surface area contributed by atoms with Crippen LogP contribution in [0.5, 0.6) is 0 Å². The summed E-state index contributed by atoms with van der Waals surface area (Å²) in [5.74, 6) is -0.169. The van der Waals surface area contributed by atoms with Gasteiger partial charge in [0.15, 0.2) is 5.69 Å². The Morgan fingerprint density at radius 1 is 1.17 bits per heavy atom. The number of aromatic nitrogens is 3. The van der Waals surface area contributed by atoms with Gasteiger partial charge >= 0.3 is 0 Å². The number of aryl methyl sites for hydroxylation is 1. The molecule has 1 fully saturated rings. The van der Waals surface area contributed by atoms with E-state index in [1.54, 1.807) is 42.6 Å². The van der Waals surface area contributed by atoms with Crippen LogP contribution in [0, 0.1) is 5.92 Å². The number of primary amides is 1. The number of hydrogen-bond acceptors (Lipinski definition) is 6. The van der Waals surface area contributed by atoms with Gasteiger partial charge < -0.3 is 16.0 Å². The fraction of sp³-hybridized carbons (Fsp3) is 0.286. The molecule has 2 amide bonds. The molecule has 4 rings (SSSR count). The van der Waals surface area contributed by atoms with Gasteiger partial charge in [0.1, 0.15) is 5.82 Å². The molecule has 1 atom stereocenters. The van der Waals surface area contributed by atoms with Gasteiger partial charge in [-0.3, -0.25) is 14.4 Å². The fourth-order valence-corrected chi connectivity index (χ4v) is 3.72. The molecule has 0 radical (unpaired) electrons. The number of nitrogens with one attached hydrogen (secondary N) is 1. The van der Waals surface area contributed by atoms with Crippen LogP contribution in [0.3, 0.4) is 0 Å². The second-order valence-electron chi connectivity index (χ2n) is 7.37. The van der Waals surface area contributed by atoms with Crippen LogP contribution in [0.1, 0.15) is 23.3 Å². The zero-order chi connectivity index (χ0) is 21.3. The second-order valence-corrected chi connectivity index (χ2v) is 7.37. The third kappa shape index (κ3) is 3.73. The van der Waals surface area contributed by atoms with E-state index in [-0.39, 0.29) is 23.1 Å². The van der Waals surface area contributed by atoms with Gasteiger partial charge in [-0.2, -0.15) is 5.10 Å². The number of carbonyl (C=O) groups is 2. The Kier molecular flexibility index (Phi) is 5.18. The van der Waals surface area contributed by atoms with E-state index in [1.165, 1.54) is 7.05 Å².